The topological polar surface area (TPSA) is 123 Å². The van der Waals surface area contributed by atoms with E-state index in [-0.39, 0.29) is 36.2 Å². The number of nitrogens with one attached hydrogen (secondary N) is 2. The van der Waals surface area contributed by atoms with Crippen LogP contribution in [0.3, 0.4) is 0 Å². The fourth-order valence-electron chi connectivity index (χ4n) is 4.73. The summed E-state index contributed by atoms with van der Waals surface area (Å²) in [4.78, 5) is 44.2. The molecule has 11 heteroatoms. The standard InChI is InChI=1S/C32H41ClN4O6/c1-17(2)18(3)29(38)34-19(4)30(39)36-23-11-9-21(10-12-23)16-41-25-13-24-26(27-28(25)42-20(5)35-27)22(14-33)15-37(24)31(40)43-32(6,7)8/h9-13,17-19,22H,14-16H2,1-8H3,(H,34,38)(H,36,39)/t18-,19-,22?/m0/s1. The Morgan fingerprint density at radius 2 is 1.79 bits per heavy atom. The van der Waals surface area contributed by atoms with E-state index in [0.717, 1.165) is 11.1 Å². The second kappa shape index (κ2) is 12.8. The van der Waals surface area contributed by atoms with Gasteiger partial charge in [0.05, 0.1) is 5.69 Å². The minimum absolute atomic E-state index is 0.136. The lowest BCUT2D eigenvalue weighted by molar-refractivity contribution is -0.129. The van der Waals surface area contributed by atoms with E-state index in [4.69, 9.17) is 25.5 Å². The first-order chi connectivity index (χ1) is 20.2. The molecule has 0 bridgehead atoms. The number of nitrogens with zero attached hydrogens (tertiary/aromatic N) is 2. The number of amides is 3. The second-order valence-corrected chi connectivity index (χ2v) is 12.7. The molecule has 2 N–H and O–H groups in total. The third-order valence-electron chi connectivity index (χ3n) is 7.44. The van der Waals surface area contributed by atoms with Gasteiger partial charge in [0.1, 0.15) is 23.8 Å². The van der Waals surface area contributed by atoms with Crippen molar-refractivity contribution in [3.05, 3.63) is 47.3 Å². The molecule has 3 atom stereocenters. The normalized spacial score (nSPS) is 16.1. The van der Waals surface area contributed by atoms with Crippen LogP contribution >= 0.6 is 11.6 Å². The van der Waals surface area contributed by atoms with Crippen molar-refractivity contribution in [3.8, 4) is 5.75 Å². The van der Waals surface area contributed by atoms with Gasteiger partial charge in [-0.1, -0.05) is 32.9 Å². The third kappa shape index (κ3) is 7.41. The zero-order valence-electron chi connectivity index (χ0n) is 26.0. The van der Waals surface area contributed by atoms with Gasteiger partial charge >= 0.3 is 6.09 Å². The summed E-state index contributed by atoms with van der Waals surface area (Å²) in [6.07, 6.45) is -0.465. The smallest absolute Gasteiger partial charge is 0.414 e. The molecule has 0 radical (unpaired) electrons. The van der Waals surface area contributed by atoms with Gasteiger partial charge in [-0.3, -0.25) is 14.5 Å². The molecule has 0 fully saturated rings. The van der Waals surface area contributed by atoms with Crippen molar-refractivity contribution >= 4 is 52.0 Å². The van der Waals surface area contributed by atoms with Gasteiger partial charge in [-0.05, 0) is 51.3 Å². The molecule has 43 heavy (non-hydrogen) atoms. The molecule has 0 saturated carbocycles. The number of carbonyl (C=O) groups is 3. The number of halogens is 1. The third-order valence-corrected chi connectivity index (χ3v) is 7.81. The van der Waals surface area contributed by atoms with Crippen molar-refractivity contribution in [2.75, 3.05) is 22.6 Å². The minimum Gasteiger partial charge on any atom is -0.485 e. The number of hydrogen-bond donors (Lipinski definition) is 2. The summed E-state index contributed by atoms with van der Waals surface area (Å²) in [5.74, 6) is 0.611. The van der Waals surface area contributed by atoms with Crippen LogP contribution in [0.4, 0.5) is 16.2 Å². The average molecular weight is 613 g/mol. The molecular formula is C32H41ClN4O6. The van der Waals surface area contributed by atoms with Crippen molar-refractivity contribution in [1.82, 2.24) is 10.3 Å². The van der Waals surface area contributed by atoms with Crippen molar-refractivity contribution in [2.45, 2.75) is 79.6 Å². The highest BCUT2D eigenvalue weighted by Gasteiger charge is 2.38. The number of carbonyl (C=O) groups excluding carboxylic acids is 3. The number of fused-ring (bicyclic) bond motifs is 3. The maximum atomic E-state index is 13.1. The van der Waals surface area contributed by atoms with Gasteiger partial charge in [-0.15, -0.1) is 11.6 Å². The number of anilines is 2. The van der Waals surface area contributed by atoms with E-state index in [2.05, 4.69) is 15.6 Å². The van der Waals surface area contributed by atoms with Gasteiger partial charge in [0.15, 0.2) is 17.2 Å². The van der Waals surface area contributed by atoms with E-state index in [1.165, 1.54) is 0 Å². The number of oxazole rings is 1. The number of alkyl halides is 1. The van der Waals surface area contributed by atoms with E-state index in [0.29, 0.717) is 46.5 Å². The zero-order valence-corrected chi connectivity index (χ0v) is 26.8. The molecule has 10 nitrogen and oxygen atoms in total. The molecule has 2 aromatic carbocycles. The quantitative estimate of drug-likeness (QED) is 0.263. The van der Waals surface area contributed by atoms with Crippen LogP contribution in [0, 0.1) is 18.8 Å². The highest BCUT2D eigenvalue weighted by molar-refractivity contribution is 6.19. The lowest BCUT2D eigenvalue weighted by atomic mass is 9.97. The van der Waals surface area contributed by atoms with Crippen molar-refractivity contribution < 1.29 is 28.3 Å². The van der Waals surface area contributed by atoms with Crippen LogP contribution in [0.25, 0.3) is 11.1 Å². The molecule has 0 saturated heterocycles. The zero-order chi connectivity index (χ0) is 31.6. The molecule has 0 spiro atoms. The van der Waals surface area contributed by atoms with Crippen molar-refractivity contribution in [2.24, 2.45) is 11.8 Å². The molecule has 0 aliphatic carbocycles. The summed E-state index contributed by atoms with van der Waals surface area (Å²) < 4.78 is 17.8. The molecule has 3 amide bonds. The first-order valence-corrected chi connectivity index (χ1v) is 15.1. The molecule has 1 aliphatic rings. The highest BCUT2D eigenvalue weighted by atomic mass is 35.5. The Bertz CT molecular complexity index is 1490. The van der Waals surface area contributed by atoms with Gasteiger partial charge in [0.2, 0.25) is 11.8 Å². The fraction of sp³-hybridized carbons (Fsp3) is 0.500. The minimum atomic E-state index is -0.678. The second-order valence-electron chi connectivity index (χ2n) is 12.4. The number of hydrogen-bond acceptors (Lipinski definition) is 7. The molecule has 1 aliphatic heterocycles. The maximum Gasteiger partial charge on any atom is 0.414 e. The van der Waals surface area contributed by atoms with E-state index >= 15 is 0 Å². The number of ether oxygens (including phenoxy) is 2. The maximum absolute atomic E-state index is 13.1. The van der Waals surface area contributed by atoms with Crippen molar-refractivity contribution in [3.63, 3.8) is 0 Å². The van der Waals surface area contributed by atoms with Gasteiger partial charge in [-0.2, -0.15) is 0 Å². The summed E-state index contributed by atoms with van der Waals surface area (Å²) >= 11 is 6.32. The van der Waals surface area contributed by atoms with Crippen LogP contribution < -0.4 is 20.3 Å². The van der Waals surface area contributed by atoms with E-state index in [1.54, 1.807) is 36.9 Å². The van der Waals surface area contributed by atoms with Crippen LogP contribution in [0.2, 0.25) is 0 Å². The Morgan fingerprint density at radius 1 is 1.12 bits per heavy atom. The summed E-state index contributed by atoms with van der Waals surface area (Å²) in [5.41, 5.74) is 3.36. The summed E-state index contributed by atoms with van der Waals surface area (Å²) in [6.45, 7) is 15.2. The Balaban J connectivity index is 1.49. The number of rotatable bonds is 9. The molecule has 2 heterocycles. The van der Waals surface area contributed by atoms with Gasteiger partial charge in [0.25, 0.3) is 0 Å². The lowest BCUT2D eigenvalue weighted by Crippen LogP contribution is -2.44. The molecule has 3 aromatic rings. The van der Waals surface area contributed by atoms with Crippen LogP contribution in [-0.4, -0.2) is 47.0 Å². The van der Waals surface area contributed by atoms with Gasteiger partial charge in [-0.25, -0.2) is 9.78 Å². The summed E-state index contributed by atoms with van der Waals surface area (Å²) in [6, 6.07) is 8.33. The van der Waals surface area contributed by atoms with Crippen LogP contribution in [-0.2, 0) is 20.9 Å². The monoisotopic (exact) mass is 612 g/mol. The Morgan fingerprint density at radius 3 is 2.40 bits per heavy atom. The molecule has 232 valence electrons. The lowest BCUT2D eigenvalue weighted by Gasteiger charge is -2.25. The first kappa shape index (κ1) is 32.1. The average Bonchev–Trinajstić information content (AvgIpc) is 3.50. The van der Waals surface area contributed by atoms with E-state index in [1.807, 2.05) is 53.7 Å². The van der Waals surface area contributed by atoms with Crippen molar-refractivity contribution in [1.29, 1.82) is 0 Å². The van der Waals surface area contributed by atoms with E-state index in [9.17, 15) is 14.4 Å². The summed E-state index contributed by atoms with van der Waals surface area (Å²) in [5, 5.41) is 5.60. The van der Waals surface area contributed by atoms with Crippen LogP contribution in [0.1, 0.15) is 71.4 Å². The highest BCUT2D eigenvalue weighted by Crippen LogP contribution is 2.46. The fourth-order valence-corrected chi connectivity index (χ4v) is 4.99. The Kier molecular flexibility index (Phi) is 9.59. The number of aromatic nitrogens is 1. The Hall–Kier alpha value is -3.79. The molecule has 1 aromatic heterocycles. The molecular weight excluding hydrogens is 572 g/mol. The molecule has 4 rings (SSSR count). The van der Waals surface area contributed by atoms with Crippen LogP contribution in [0.5, 0.6) is 5.75 Å². The largest absolute Gasteiger partial charge is 0.485 e. The predicted molar refractivity (Wildman–Crippen MR) is 167 cm³/mol. The van der Waals surface area contributed by atoms with Gasteiger partial charge < -0.3 is 24.5 Å². The first-order valence-electron chi connectivity index (χ1n) is 14.5. The SMILES string of the molecule is Cc1nc2c3c(cc(OCc4ccc(NC(=O)[C@H](C)NC(=O)[C@@H](C)C(C)C)cc4)c2o1)N(C(=O)OC(C)(C)C)CC3CCl. The van der Waals surface area contributed by atoms with E-state index < -0.39 is 17.7 Å². The number of benzene rings is 2. The Labute approximate surface area is 257 Å². The predicted octanol–water partition coefficient (Wildman–Crippen LogP) is 6.53. The van der Waals surface area contributed by atoms with Gasteiger partial charge in [0, 0.05) is 48.5 Å². The number of aryl methyl sites for hydroxylation is 1. The van der Waals surface area contributed by atoms with Crippen LogP contribution in [0.15, 0.2) is 34.7 Å². The molecule has 1 unspecified atom stereocenters. The summed E-state index contributed by atoms with van der Waals surface area (Å²) in [7, 11) is 0.